The van der Waals surface area contributed by atoms with Crippen LogP contribution in [-0.2, 0) is 28.9 Å². The van der Waals surface area contributed by atoms with Gasteiger partial charge in [-0.15, -0.1) is 10.2 Å². The number of ether oxygens (including phenoxy) is 1. The molecule has 0 aliphatic heterocycles. The van der Waals surface area contributed by atoms with Crippen molar-refractivity contribution in [1.82, 2.24) is 30.4 Å². The SMILES string of the molecule is CC(C)(C)OC(=O)NC(C)(C)C(=O)N[C@H](Cc1c[nH]c2ccccc12)c1nnc(Cc2ccccc2)n1Cc1ccccc1. The normalized spacial score (nSPS) is 12.6. The number of carbonyl (C=O) groups excluding carboxylic acids is 2. The van der Waals surface area contributed by atoms with Crippen LogP contribution in [0.15, 0.2) is 91.1 Å². The molecule has 2 heterocycles. The lowest BCUT2D eigenvalue weighted by Crippen LogP contribution is -2.56. The van der Waals surface area contributed by atoms with Gasteiger partial charge in [-0.25, -0.2) is 4.79 Å². The van der Waals surface area contributed by atoms with Gasteiger partial charge in [-0.05, 0) is 57.4 Å². The van der Waals surface area contributed by atoms with Crippen molar-refractivity contribution < 1.29 is 14.3 Å². The number of fused-ring (bicyclic) bond motifs is 1. The van der Waals surface area contributed by atoms with Gasteiger partial charge < -0.3 is 24.9 Å². The van der Waals surface area contributed by atoms with Gasteiger partial charge >= 0.3 is 6.09 Å². The molecule has 2 amide bonds. The Balaban J connectivity index is 1.52. The van der Waals surface area contributed by atoms with E-state index in [1.54, 1.807) is 34.6 Å². The molecule has 9 heteroatoms. The third kappa shape index (κ3) is 7.53. The largest absolute Gasteiger partial charge is 0.444 e. The quantitative estimate of drug-likeness (QED) is 0.181. The van der Waals surface area contributed by atoms with Gasteiger partial charge in [0, 0.05) is 29.9 Å². The molecule has 0 aliphatic rings. The Morgan fingerprint density at radius 2 is 1.50 bits per heavy atom. The van der Waals surface area contributed by atoms with Gasteiger partial charge in [0.25, 0.3) is 0 Å². The molecule has 0 bridgehead atoms. The highest BCUT2D eigenvalue weighted by Gasteiger charge is 2.35. The highest BCUT2D eigenvalue weighted by atomic mass is 16.6. The Bertz CT molecular complexity index is 1720. The van der Waals surface area contributed by atoms with E-state index in [2.05, 4.69) is 60.7 Å². The van der Waals surface area contributed by atoms with Crippen LogP contribution < -0.4 is 10.6 Å². The lowest BCUT2D eigenvalue weighted by Gasteiger charge is -2.29. The molecule has 2 aromatic heterocycles. The summed E-state index contributed by atoms with van der Waals surface area (Å²) in [5.74, 6) is 1.05. The predicted octanol–water partition coefficient (Wildman–Crippen LogP) is 6.10. The van der Waals surface area contributed by atoms with Crippen molar-refractivity contribution in [2.24, 2.45) is 0 Å². The first kappa shape index (κ1) is 30.5. The van der Waals surface area contributed by atoms with E-state index in [0.717, 1.165) is 33.4 Å². The molecule has 0 unspecified atom stereocenters. The second-order valence-corrected chi connectivity index (χ2v) is 12.6. The molecule has 0 radical (unpaired) electrons. The van der Waals surface area contributed by atoms with Crippen LogP contribution >= 0.6 is 0 Å². The minimum atomic E-state index is -1.27. The molecule has 0 saturated carbocycles. The lowest BCUT2D eigenvalue weighted by atomic mass is 10.0. The molecule has 3 aromatic carbocycles. The standard InChI is InChI=1S/C35H40N6O3/c1-34(2,3)44-33(43)38-35(4,5)32(42)37-29(21-26-22-36-28-19-13-12-18-27(26)28)31-40-39-30(20-24-14-8-6-9-15-24)41(31)23-25-16-10-7-11-17-25/h6-19,22,29,36H,20-21,23H2,1-5H3,(H,37,42)(H,38,43)/t29-/m1/s1. The van der Waals surface area contributed by atoms with Crippen molar-refractivity contribution in [1.29, 1.82) is 0 Å². The van der Waals surface area contributed by atoms with Gasteiger partial charge in [-0.3, -0.25) is 4.79 Å². The van der Waals surface area contributed by atoms with Gasteiger partial charge in [0.15, 0.2) is 5.82 Å². The molecule has 0 saturated heterocycles. The second-order valence-electron chi connectivity index (χ2n) is 12.6. The number of carbonyl (C=O) groups is 2. The molecule has 0 fully saturated rings. The highest BCUT2D eigenvalue weighted by molar-refractivity contribution is 5.89. The molecule has 5 rings (SSSR count). The van der Waals surface area contributed by atoms with Crippen molar-refractivity contribution >= 4 is 22.9 Å². The number of nitrogens with zero attached hydrogens (tertiary/aromatic N) is 3. The van der Waals surface area contributed by atoms with E-state index in [9.17, 15) is 9.59 Å². The maximum Gasteiger partial charge on any atom is 0.408 e. The summed E-state index contributed by atoms with van der Waals surface area (Å²) in [7, 11) is 0. The lowest BCUT2D eigenvalue weighted by molar-refractivity contribution is -0.127. The molecule has 44 heavy (non-hydrogen) atoms. The number of aromatic amines is 1. The highest BCUT2D eigenvalue weighted by Crippen LogP contribution is 2.26. The Labute approximate surface area is 258 Å². The molecule has 9 nitrogen and oxygen atoms in total. The summed E-state index contributed by atoms with van der Waals surface area (Å²) in [5.41, 5.74) is 2.28. The van der Waals surface area contributed by atoms with E-state index in [4.69, 9.17) is 4.74 Å². The number of hydrogen-bond donors (Lipinski definition) is 3. The van der Waals surface area contributed by atoms with Gasteiger partial charge in [-0.2, -0.15) is 0 Å². The van der Waals surface area contributed by atoms with E-state index < -0.39 is 23.3 Å². The van der Waals surface area contributed by atoms with Crippen molar-refractivity contribution in [2.45, 2.75) is 71.2 Å². The zero-order valence-corrected chi connectivity index (χ0v) is 25.9. The number of amides is 2. The van der Waals surface area contributed by atoms with Crippen LogP contribution in [-0.4, -0.2) is 42.9 Å². The molecular formula is C35H40N6O3. The van der Waals surface area contributed by atoms with Crippen LogP contribution in [0.3, 0.4) is 0 Å². The van der Waals surface area contributed by atoms with Crippen LogP contribution in [0, 0.1) is 0 Å². The summed E-state index contributed by atoms with van der Waals surface area (Å²) in [5, 5.41) is 16.3. The van der Waals surface area contributed by atoms with Crippen LogP contribution in [0.5, 0.6) is 0 Å². The summed E-state index contributed by atoms with van der Waals surface area (Å²) in [6.45, 7) is 9.19. The van der Waals surface area contributed by atoms with Gasteiger partial charge in [0.05, 0.1) is 12.6 Å². The Morgan fingerprint density at radius 1 is 0.864 bits per heavy atom. The Kier molecular flexibility index (Phi) is 8.85. The van der Waals surface area contributed by atoms with E-state index in [1.165, 1.54) is 0 Å². The molecule has 0 aliphatic carbocycles. The minimum Gasteiger partial charge on any atom is -0.444 e. The number of nitrogens with one attached hydrogen (secondary N) is 3. The van der Waals surface area contributed by atoms with Gasteiger partial charge in [-0.1, -0.05) is 78.9 Å². The topological polar surface area (TPSA) is 114 Å². The first-order chi connectivity index (χ1) is 21.0. The van der Waals surface area contributed by atoms with Crippen LogP contribution in [0.4, 0.5) is 4.79 Å². The summed E-state index contributed by atoms with van der Waals surface area (Å²) in [6.07, 6.45) is 2.34. The number of H-pyrrole nitrogens is 1. The molecule has 228 valence electrons. The van der Waals surface area contributed by atoms with Crippen LogP contribution in [0.25, 0.3) is 10.9 Å². The smallest absolute Gasteiger partial charge is 0.408 e. The Hall–Kier alpha value is -4.92. The number of para-hydroxylation sites is 1. The fourth-order valence-electron chi connectivity index (χ4n) is 5.14. The van der Waals surface area contributed by atoms with E-state index in [0.29, 0.717) is 25.2 Å². The fraction of sp³-hybridized carbons (Fsp3) is 0.314. The molecule has 3 N–H and O–H groups in total. The number of rotatable bonds is 10. The number of aromatic nitrogens is 4. The summed E-state index contributed by atoms with van der Waals surface area (Å²) in [4.78, 5) is 29.8. The van der Waals surface area contributed by atoms with E-state index in [1.807, 2.05) is 60.8 Å². The summed E-state index contributed by atoms with van der Waals surface area (Å²) >= 11 is 0. The van der Waals surface area contributed by atoms with Crippen molar-refractivity contribution in [3.63, 3.8) is 0 Å². The van der Waals surface area contributed by atoms with Crippen LogP contribution in [0.1, 0.15) is 69.0 Å². The van der Waals surface area contributed by atoms with Gasteiger partial charge in [0.1, 0.15) is 17.0 Å². The van der Waals surface area contributed by atoms with E-state index in [-0.39, 0.29) is 5.91 Å². The van der Waals surface area contributed by atoms with Crippen molar-refractivity contribution in [3.8, 4) is 0 Å². The number of benzene rings is 3. The maximum atomic E-state index is 13.9. The van der Waals surface area contributed by atoms with Crippen LogP contribution in [0.2, 0.25) is 0 Å². The third-order valence-electron chi connectivity index (χ3n) is 7.34. The minimum absolute atomic E-state index is 0.368. The molecule has 0 spiro atoms. The predicted molar refractivity (Wildman–Crippen MR) is 171 cm³/mol. The molecule has 5 aromatic rings. The van der Waals surface area contributed by atoms with Gasteiger partial charge in [0.2, 0.25) is 5.91 Å². The zero-order chi connectivity index (χ0) is 31.3. The zero-order valence-electron chi connectivity index (χ0n) is 25.9. The number of hydrogen-bond acceptors (Lipinski definition) is 5. The summed E-state index contributed by atoms with van der Waals surface area (Å²) < 4.78 is 7.53. The number of alkyl carbamates (subject to hydrolysis) is 1. The monoisotopic (exact) mass is 592 g/mol. The third-order valence-corrected chi connectivity index (χ3v) is 7.34. The molecule has 1 atom stereocenters. The fourth-order valence-corrected chi connectivity index (χ4v) is 5.14. The molecular weight excluding hydrogens is 552 g/mol. The first-order valence-electron chi connectivity index (χ1n) is 14.9. The average Bonchev–Trinajstić information content (AvgIpc) is 3.56. The second kappa shape index (κ2) is 12.8. The first-order valence-corrected chi connectivity index (χ1v) is 14.9. The Morgan fingerprint density at radius 3 is 2.18 bits per heavy atom. The van der Waals surface area contributed by atoms with Crippen molar-refractivity contribution in [2.75, 3.05) is 0 Å². The maximum absolute atomic E-state index is 13.9. The van der Waals surface area contributed by atoms with E-state index >= 15 is 0 Å². The van der Waals surface area contributed by atoms with Crippen molar-refractivity contribution in [3.05, 3.63) is 119 Å². The summed E-state index contributed by atoms with van der Waals surface area (Å²) in [6, 6.07) is 27.8. The average molecular weight is 593 g/mol.